The first-order chi connectivity index (χ1) is 11.1. The zero-order valence-electron chi connectivity index (χ0n) is 13.2. The molecule has 0 atom stereocenters. The minimum atomic E-state index is -0.476. The normalized spacial score (nSPS) is 15.2. The predicted octanol–water partition coefficient (Wildman–Crippen LogP) is 0.312. The first-order valence-electron chi connectivity index (χ1n) is 7.67. The molecule has 2 rings (SSSR count). The summed E-state index contributed by atoms with van der Waals surface area (Å²) in [7, 11) is 0. The highest BCUT2D eigenvalue weighted by Crippen LogP contribution is 2.09. The number of benzene rings is 1. The number of morpholine rings is 1. The lowest BCUT2D eigenvalue weighted by Crippen LogP contribution is -2.43. The Balaban J connectivity index is 1.69. The highest BCUT2D eigenvalue weighted by molar-refractivity contribution is 5.97. The highest BCUT2D eigenvalue weighted by atomic mass is 19.1. The van der Waals surface area contributed by atoms with E-state index < -0.39 is 11.7 Å². The second-order valence-electron chi connectivity index (χ2n) is 5.45. The number of nitrogens with one attached hydrogen (secondary N) is 2. The summed E-state index contributed by atoms with van der Waals surface area (Å²) in [6, 6.07) is 4.00. The molecular weight excluding hydrogens is 301 g/mol. The maximum atomic E-state index is 13.2. The van der Waals surface area contributed by atoms with Crippen LogP contribution in [0.4, 0.5) is 4.39 Å². The molecule has 0 aliphatic carbocycles. The van der Waals surface area contributed by atoms with Crippen molar-refractivity contribution in [1.82, 2.24) is 15.5 Å². The number of aryl methyl sites for hydroxylation is 1. The van der Waals surface area contributed by atoms with Crippen molar-refractivity contribution < 1.29 is 18.7 Å². The van der Waals surface area contributed by atoms with Crippen LogP contribution in [0.15, 0.2) is 18.2 Å². The molecule has 1 fully saturated rings. The van der Waals surface area contributed by atoms with E-state index in [1.165, 1.54) is 18.2 Å². The monoisotopic (exact) mass is 323 g/mol. The van der Waals surface area contributed by atoms with Gasteiger partial charge in [-0.3, -0.25) is 14.5 Å². The quantitative estimate of drug-likeness (QED) is 0.791. The van der Waals surface area contributed by atoms with Gasteiger partial charge in [0.25, 0.3) is 5.91 Å². The summed E-state index contributed by atoms with van der Waals surface area (Å²) < 4.78 is 18.4. The molecule has 0 saturated carbocycles. The molecule has 2 N–H and O–H groups in total. The summed E-state index contributed by atoms with van der Waals surface area (Å²) >= 11 is 0. The lowest BCUT2D eigenvalue weighted by molar-refractivity contribution is -0.120. The summed E-state index contributed by atoms with van der Waals surface area (Å²) in [6.07, 6.45) is 0. The summed E-state index contributed by atoms with van der Waals surface area (Å²) in [4.78, 5) is 25.9. The molecule has 1 heterocycles. The van der Waals surface area contributed by atoms with E-state index in [2.05, 4.69) is 15.5 Å². The summed E-state index contributed by atoms with van der Waals surface area (Å²) in [5.41, 5.74) is 0.905. The van der Waals surface area contributed by atoms with E-state index in [0.717, 1.165) is 32.8 Å². The van der Waals surface area contributed by atoms with Gasteiger partial charge in [-0.15, -0.1) is 0 Å². The van der Waals surface area contributed by atoms with Gasteiger partial charge in [0.1, 0.15) is 5.82 Å². The van der Waals surface area contributed by atoms with E-state index in [4.69, 9.17) is 4.74 Å². The minimum absolute atomic E-state index is 0.127. The number of ether oxygens (including phenoxy) is 1. The number of carbonyl (C=O) groups is 2. The fourth-order valence-corrected chi connectivity index (χ4v) is 2.34. The maximum Gasteiger partial charge on any atom is 0.252 e. The first-order valence-corrected chi connectivity index (χ1v) is 7.67. The van der Waals surface area contributed by atoms with Gasteiger partial charge in [-0.2, -0.15) is 0 Å². The molecule has 126 valence electrons. The zero-order valence-corrected chi connectivity index (χ0v) is 13.2. The third-order valence-electron chi connectivity index (χ3n) is 3.71. The molecule has 7 heteroatoms. The zero-order chi connectivity index (χ0) is 16.7. The second kappa shape index (κ2) is 8.59. The van der Waals surface area contributed by atoms with Gasteiger partial charge in [0.15, 0.2) is 0 Å². The second-order valence-corrected chi connectivity index (χ2v) is 5.45. The van der Waals surface area contributed by atoms with Crippen LogP contribution in [0.2, 0.25) is 0 Å². The molecule has 23 heavy (non-hydrogen) atoms. The molecule has 0 radical (unpaired) electrons. The number of nitrogens with zero attached hydrogens (tertiary/aromatic N) is 1. The Morgan fingerprint density at radius 1 is 1.26 bits per heavy atom. The highest BCUT2D eigenvalue weighted by Gasteiger charge is 2.12. The van der Waals surface area contributed by atoms with Crippen molar-refractivity contribution in [3.63, 3.8) is 0 Å². The van der Waals surface area contributed by atoms with Crippen molar-refractivity contribution >= 4 is 11.8 Å². The smallest absolute Gasteiger partial charge is 0.252 e. The molecule has 1 saturated heterocycles. The number of carbonyl (C=O) groups excluding carboxylic acids is 2. The van der Waals surface area contributed by atoms with E-state index >= 15 is 0 Å². The van der Waals surface area contributed by atoms with Crippen LogP contribution in [0, 0.1) is 12.7 Å². The Hall–Kier alpha value is -1.99. The Labute approximate surface area is 135 Å². The SMILES string of the molecule is Cc1ccc(F)cc1C(=O)NCC(=O)NCCN1CCOCC1. The number of hydrogen-bond donors (Lipinski definition) is 2. The van der Waals surface area contributed by atoms with Gasteiger partial charge in [0, 0.05) is 31.7 Å². The Morgan fingerprint density at radius 2 is 2.00 bits per heavy atom. The fourth-order valence-electron chi connectivity index (χ4n) is 2.34. The van der Waals surface area contributed by atoms with Crippen LogP contribution >= 0.6 is 0 Å². The van der Waals surface area contributed by atoms with E-state index in [1.807, 2.05) is 0 Å². The van der Waals surface area contributed by atoms with Gasteiger partial charge in [-0.25, -0.2) is 4.39 Å². The van der Waals surface area contributed by atoms with Crippen LogP contribution in [0.25, 0.3) is 0 Å². The van der Waals surface area contributed by atoms with E-state index in [1.54, 1.807) is 6.92 Å². The van der Waals surface area contributed by atoms with Crippen LogP contribution in [-0.4, -0.2) is 62.7 Å². The standard InChI is InChI=1S/C16H22FN3O3/c1-12-2-3-13(17)10-14(12)16(22)19-11-15(21)18-4-5-20-6-8-23-9-7-20/h2-3,10H,4-9,11H2,1H3,(H,18,21)(H,19,22). The number of hydrogen-bond acceptors (Lipinski definition) is 4. The molecule has 0 spiro atoms. The molecular formula is C16H22FN3O3. The van der Waals surface area contributed by atoms with Crippen LogP contribution in [0.5, 0.6) is 0 Å². The molecule has 1 aromatic rings. The lowest BCUT2D eigenvalue weighted by Gasteiger charge is -2.26. The van der Waals surface area contributed by atoms with E-state index in [0.29, 0.717) is 12.1 Å². The van der Waals surface area contributed by atoms with Crippen LogP contribution in [0.3, 0.4) is 0 Å². The van der Waals surface area contributed by atoms with Gasteiger partial charge in [0.2, 0.25) is 5.91 Å². The average Bonchev–Trinajstić information content (AvgIpc) is 2.56. The third-order valence-corrected chi connectivity index (χ3v) is 3.71. The number of rotatable bonds is 6. The van der Waals surface area contributed by atoms with Gasteiger partial charge in [-0.1, -0.05) is 6.07 Å². The van der Waals surface area contributed by atoms with Crippen molar-refractivity contribution in [2.45, 2.75) is 6.92 Å². The Morgan fingerprint density at radius 3 is 2.74 bits per heavy atom. The van der Waals surface area contributed by atoms with Crippen molar-refractivity contribution in [1.29, 1.82) is 0 Å². The van der Waals surface area contributed by atoms with Crippen molar-refractivity contribution in [3.05, 3.63) is 35.1 Å². The molecule has 1 aliphatic heterocycles. The minimum Gasteiger partial charge on any atom is -0.379 e. The molecule has 6 nitrogen and oxygen atoms in total. The number of halogens is 1. The van der Waals surface area contributed by atoms with Crippen LogP contribution < -0.4 is 10.6 Å². The van der Waals surface area contributed by atoms with Crippen molar-refractivity contribution in [2.24, 2.45) is 0 Å². The third kappa shape index (κ3) is 5.61. The lowest BCUT2D eigenvalue weighted by atomic mass is 10.1. The first kappa shape index (κ1) is 17.4. The van der Waals surface area contributed by atoms with Crippen LogP contribution in [0.1, 0.15) is 15.9 Å². The summed E-state index contributed by atoms with van der Waals surface area (Å²) in [5, 5.41) is 5.26. The molecule has 1 aliphatic rings. The van der Waals surface area contributed by atoms with Gasteiger partial charge < -0.3 is 15.4 Å². The maximum absolute atomic E-state index is 13.2. The van der Waals surface area contributed by atoms with Crippen molar-refractivity contribution in [2.75, 3.05) is 45.9 Å². The summed E-state index contributed by atoms with van der Waals surface area (Å²) in [5.74, 6) is -1.19. The van der Waals surface area contributed by atoms with Crippen LogP contribution in [-0.2, 0) is 9.53 Å². The molecule has 0 aromatic heterocycles. The largest absolute Gasteiger partial charge is 0.379 e. The number of amides is 2. The Kier molecular flexibility index (Phi) is 6.49. The Bertz CT molecular complexity index is 560. The van der Waals surface area contributed by atoms with Crippen molar-refractivity contribution in [3.8, 4) is 0 Å². The predicted molar refractivity (Wildman–Crippen MR) is 83.7 cm³/mol. The van der Waals surface area contributed by atoms with E-state index in [-0.39, 0.29) is 18.0 Å². The average molecular weight is 323 g/mol. The molecule has 2 amide bonds. The van der Waals surface area contributed by atoms with Gasteiger partial charge >= 0.3 is 0 Å². The topological polar surface area (TPSA) is 70.7 Å². The summed E-state index contributed by atoms with van der Waals surface area (Å²) in [6.45, 7) is 6.04. The van der Waals surface area contributed by atoms with E-state index in [9.17, 15) is 14.0 Å². The molecule has 0 unspecified atom stereocenters. The van der Waals surface area contributed by atoms with Gasteiger partial charge in [0.05, 0.1) is 19.8 Å². The molecule has 1 aromatic carbocycles. The molecule has 0 bridgehead atoms. The van der Waals surface area contributed by atoms with Gasteiger partial charge in [-0.05, 0) is 24.6 Å². The fraction of sp³-hybridized carbons (Fsp3) is 0.500.